The fraction of sp³-hybridized carbons (Fsp3) is 0.103. The second-order valence-electron chi connectivity index (χ2n) is 8.18. The Kier molecular flexibility index (Phi) is 6.08. The van der Waals surface area contributed by atoms with Gasteiger partial charge in [-0.3, -0.25) is 9.59 Å². The van der Waals surface area contributed by atoms with E-state index in [9.17, 15) is 9.59 Å². The monoisotopic (exact) mass is 445 g/mol. The van der Waals surface area contributed by atoms with Crippen LogP contribution in [0.3, 0.4) is 0 Å². The molecule has 1 heterocycles. The number of nitrogens with zero attached hydrogens (tertiary/aromatic N) is 2. The number of carbonyl (C=O) groups is 2. The minimum absolute atomic E-state index is 0.0328. The molecule has 0 spiro atoms. The fourth-order valence-corrected chi connectivity index (χ4v) is 4.41. The second-order valence-corrected chi connectivity index (χ2v) is 8.18. The summed E-state index contributed by atoms with van der Waals surface area (Å²) in [5, 5.41) is 11.2. The lowest BCUT2D eigenvalue weighted by Crippen LogP contribution is -2.22. The molecule has 166 valence electrons. The smallest absolute Gasteiger partial charge is 0.256 e. The maximum atomic E-state index is 13.7. The summed E-state index contributed by atoms with van der Waals surface area (Å²) >= 11 is 0. The molecule has 3 aromatic rings. The molecule has 1 unspecified atom stereocenters. The Balaban J connectivity index is 1.45. The highest BCUT2D eigenvalue weighted by atomic mass is 16.2. The molecule has 0 radical (unpaired) electrons. The minimum Gasteiger partial charge on any atom is -0.321 e. The van der Waals surface area contributed by atoms with E-state index in [0.29, 0.717) is 29.7 Å². The van der Waals surface area contributed by atoms with Crippen LogP contribution in [0.1, 0.15) is 33.6 Å². The number of hydrogen-bond donors (Lipinski definition) is 1. The zero-order valence-electron chi connectivity index (χ0n) is 18.5. The Morgan fingerprint density at radius 1 is 0.824 bits per heavy atom. The van der Waals surface area contributed by atoms with Gasteiger partial charge in [0.1, 0.15) is 0 Å². The number of ketones is 1. The third-order valence-electron chi connectivity index (χ3n) is 6.09. The normalized spacial score (nSPS) is 16.6. The van der Waals surface area contributed by atoms with E-state index in [1.807, 2.05) is 78.9 Å². The molecule has 0 saturated heterocycles. The van der Waals surface area contributed by atoms with Gasteiger partial charge in [-0.15, -0.1) is 0 Å². The van der Waals surface area contributed by atoms with Gasteiger partial charge >= 0.3 is 0 Å². The Labute approximate surface area is 198 Å². The number of azo groups is 1. The average molecular weight is 446 g/mol. The average Bonchev–Trinajstić information content (AvgIpc) is 3.15. The molecule has 34 heavy (non-hydrogen) atoms. The maximum absolute atomic E-state index is 13.7. The van der Waals surface area contributed by atoms with E-state index in [1.165, 1.54) is 0 Å². The van der Waals surface area contributed by atoms with Crippen molar-refractivity contribution in [3.63, 3.8) is 0 Å². The molecule has 2 aliphatic rings. The minimum atomic E-state index is -0.337. The molecule has 5 rings (SSSR count). The lowest BCUT2D eigenvalue weighted by molar-refractivity contribution is 0.0939. The number of carbonyl (C=O) groups excluding carboxylic acids is 2. The van der Waals surface area contributed by atoms with Gasteiger partial charge in [0.05, 0.1) is 11.4 Å². The molecule has 0 aromatic heterocycles. The number of nitrogens with one attached hydrogen (secondary N) is 1. The van der Waals surface area contributed by atoms with Crippen molar-refractivity contribution in [2.75, 3.05) is 5.32 Å². The number of anilines is 1. The second kappa shape index (κ2) is 9.63. The molecule has 1 atom stereocenters. The number of benzene rings is 3. The molecule has 5 nitrogen and oxygen atoms in total. The number of amides is 1. The lowest BCUT2D eigenvalue weighted by Gasteiger charge is -2.22. The number of allylic oxidation sites excluding steroid dienone is 4. The first-order chi connectivity index (χ1) is 16.7. The topological polar surface area (TPSA) is 70.9 Å². The van der Waals surface area contributed by atoms with Gasteiger partial charge < -0.3 is 5.32 Å². The van der Waals surface area contributed by atoms with Crippen molar-refractivity contribution in [1.29, 1.82) is 0 Å². The van der Waals surface area contributed by atoms with Crippen LogP contribution < -0.4 is 5.32 Å². The summed E-state index contributed by atoms with van der Waals surface area (Å²) in [6.45, 7) is 0. The van der Waals surface area contributed by atoms with E-state index >= 15 is 0 Å². The van der Waals surface area contributed by atoms with Crippen LogP contribution in [0.4, 0.5) is 5.69 Å². The van der Waals surface area contributed by atoms with E-state index in [1.54, 1.807) is 24.4 Å². The van der Waals surface area contributed by atoms with Crippen LogP contribution in [0.15, 0.2) is 125 Å². The highest BCUT2D eigenvalue weighted by Crippen LogP contribution is 2.35. The summed E-state index contributed by atoms with van der Waals surface area (Å²) in [5.41, 5.74) is 5.05. The van der Waals surface area contributed by atoms with Crippen LogP contribution >= 0.6 is 0 Å². The highest BCUT2D eigenvalue weighted by molar-refractivity contribution is 6.12. The third kappa shape index (κ3) is 4.28. The summed E-state index contributed by atoms with van der Waals surface area (Å²) in [6.07, 6.45) is 8.68. The Morgan fingerprint density at radius 3 is 2.41 bits per heavy atom. The largest absolute Gasteiger partial charge is 0.321 e. The quantitative estimate of drug-likeness (QED) is 0.430. The molecule has 0 saturated carbocycles. The summed E-state index contributed by atoms with van der Waals surface area (Å²) in [6, 6.07) is 24.5. The van der Waals surface area contributed by atoms with E-state index in [4.69, 9.17) is 0 Å². The first-order valence-electron chi connectivity index (χ1n) is 11.3. The first-order valence-corrected chi connectivity index (χ1v) is 11.3. The van der Waals surface area contributed by atoms with E-state index < -0.39 is 0 Å². The van der Waals surface area contributed by atoms with Crippen LogP contribution in [0.25, 0.3) is 11.1 Å². The molecule has 1 aliphatic carbocycles. The number of para-hydroxylation sites is 1. The van der Waals surface area contributed by atoms with Crippen LogP contribution in [0.2, 0.25) is 0 Å². The van der Waals surface area contributed by atoms with Gasteiger partial charge in [0.15, 0.2) is 5.78 Å². The number of hydrogen-bond acceptors (Lipinski definition) is 4. The summed E-state index contributed by atoms with van der Waals surface area (Å²) in [7, 11) is 0. The van der Waals surface area contributed by atoms with Crippen molar-refractivity contribution >= 4 is 17.4 Å². The van der Waals surface area contributed by atoms with Crippen molar-refractivity contribution in [2.24, 2.45) is 16.1 Å². The van der Waals surface area contributed by atoms with E-state index in [0.717, 1.165) is 22.4 Å². The van der Waals surface area contributed by atoms with Gasteiger partial charge in [0, 0.05) is 23.2 Å². The highest BCUT2D eigenvalue weighted by Gasteiger charge is 2.29. The van der Waals surface area contributed by atoms with Gasteiger partial charge in [-0.05, 0) is 53.8 Å². The van der Waals surface area contributed by atoms with E-state index in [-0.39, 0.29) is 17.6 Å². The van der Waals surface area contributed by atoms with Gasteiger partial charge in [-0.2, -0.15) is 10.2 Å². The van der Waals surface area contributed by atoms with Crippen molar-refractivity contribution < 1.29 is 9.59 Å². The van der Waals surface area contributed by atoms with Crippen LogP contribution in [-0.4, -0.2) is 11.7 Å². The predicted molar refractivity (Wildman–Crippen MR) is 133 cm³/mol. The summed E-state index contributed by atoms with van der Waals surface area (Å²) in [5.74, 6) is -0.625. The number of Topliss-reactive ketones (excluding diaryl/α,β-unsaturated/α-hetero) is 1. The molecule has 1 N–H and O–H groups in total. The van der Waals surface area contributed by atoms with Gasteiger partial charge in [-0.25, -0.2) is 0 Å². The van der Waals surface area contributed by atoms with Crippen molar-refractivity contribution in [1.82, 2.24) is 0 Å². The summed E-state index contributed by atoms with van der Waals surface area (Å²) in [4.78, 5) is 27.0. The van der Waals surface area contributed by atoms with Gasteiger partial charge in [-0.1, -0.05) is 72.8 Å². The molecule has 3 aromatic carbocycles. The van der Waals surface area contributed by atoms with Crippen molar-refractivity contribution in [3.05, 3.63) is 126 Å². The third-order valence-corrected chi connectivity index (χ3v) is 6.09. The van der Waals surface area contributed by atoms with Crippen LogP contribution in [0, 0.1) is 5.92 Å². The molecule has 1 amide bonds. The van der Waals surface area contributed by atoms with Crippen molar-refractivity contribution in [2.45, 2.75) is 12.8 Å². The summed E-state index contributed by atoms with van der Waals surface area (Å²) < 4.78 is 0. The first kappa shape index (κ1) is 21.5. The molecule has 1 aliphatic heterocycles. The molecule has 0 fully saturated rings. The van der Waals surface area contributed by atoms with Crippen LogP contribution in [0.5, 0.6) is 0 Å². The molecular formula is C29H23N3O2. The Morgan fingerprint density at radius 2 is 1.56 bits per heavy atom. The van der Waals surface area contributed by atoms with Gasteiger partial charge in [0.2, 0.25) is 0 Å². The van der Waals surface area contributed by atoms with Crippen molar-refractivity contribution in [3.8, 4) is 11.1 Å². The Hall–Kier alpha value is -4.38. The molecular weight excluding hydrogens is 422 g/mol. The van der Waals surface area contributed by atoms with Crippen LogP contribution in [-0.2, 0) is 0 Å². The predicted octanol–water partition coefficient (Wildman–Crippen LogP) is 6.99. The SMILES string of the molecule is O=C(Nc1ccccc1C(=O)C1CC=CC2=C1CC=CN=N2)c1ccccc1-c1ccccc1. The molecule has 5 heteroatoms. The fourth-order valence-electron chi connectivity index (χ4n) is 4.41. The maximum Gasteiger partial charge on any atom is 0.256 e. The Bertz CT molecular complexity index is 1370. The zero-order chi connectivity index (χ0) is 23.3. The molecule has 0 bridgehead atoms. The zero-order valence-corrected chi connectivity index (χ0v) is 18.5. The standard InChI is InChI=1S/C29H23N3O2/c33-28(23-15-8-18-27-22(23)16-9-19-30-32-27)25-14-6-7-17-26(25)31-29(34)24-13-5-4-12-21(24)20-10-2-1-3-11-20/h1-14,17-19,23H,15-16H2,(H,31,34). The van der Waals surface area contributed by atoms with Gasteiger partial charge in [0.25, 0.3) is 5.91 Å². The lowest BCUT2D eigenvalue weighted by atomic mass is 9.82. The number of rotatable bonds is 5. The van der Waals surface area contributed by atoms with E-state index in [2.05, 4.69) is 15.5 Å².